The molecule has 116 valence electrons. The van der Waals surface area contributed by atoms with Crippen molar-refractivity contribution in [2.24, 2.45) is 5.92 Å². The highest BCUT2D eigenvalue weighted by atomic mass is 16.5. The van der Waals surface area contributed by atoms with Gasteiger partial charge < -0.3 is 9.84 Å². The normalized spacial score (nSPS) is 26.5. The van der Waals surface area contributed by atoms with Crippen molar-refractivity contribution in [1.29, 1.82) is 0 Å². The van der Waals surface area contributed by atoms with Crippen LogP contribution >= 0.6 is 0 Å². The summed E-state index contributed by atoms with van der Waals surface area (Å²) < 4.78 is 5.27. The maximum absolute atomic E-state index is 12.3. The molecule has 5 nitrogen and oxygen atoms in total. The lowest BCUT2D eigenvalue weighted by atomic mass is 10.0. The van der Waals surface area contributed by atoms with Gasteiger partial charge in [0.05, 0.1) is 0 Å². The zero-order chi connectivity index (χ0) is 15.0. The number of aromatic nitrogens is 1. The quantitative estimate of drug-likeness (QED) is 0.905. The predicted octanol–water partition coefficient (Wildman–Crippen LogP) is 2.40. The molecular formula is C16H25N3O2. The summed E-state index contributed by atoms with van der Waals surface area (Å²) in [5, 5.41) is 7.07. The van der Waals surface area contributed by atoms with E-state index in [1.807, 2.05) is 6.07 Å². The molecule has 0 bridgehead atoms. The predicted molar refractivity (Wildman–Crippen MR) is 80.2 cm³/mol. The van der Waals surface area contributed by atoms with E-state index in [1.54, 1.807) is 0 Å². The Morgan fingerprint density at radius 1 is 1.48 bits per heavy atom. The fourth-order valence-corrected chi connectivity index (χ4v) is 3.10. The average molecular weight is 291 g/mol. The van der Waals surface area contributed by atoms with Gasteiger partial charge in [0.25, 0.3) is 5.91 Å². The molecular weight excluding hydrogens is 266 g/mol. The van der Waals surface area contributed by atoms with Crippen molar-refractivity contribution in [1.82, 2.24) is 15.4 Å². The lowest BCUT2D eigenvalue weighted by Crippen LogP contribution is -2.41. The number of hydrogen-bond donors (Lipinski definition) is 1. The van der Waals surface area contributed by atoms with Gasteiger partial charge in [-0.3, -0.25) is 9.69 Å². The minimum atomic E-state index is -0.0975. The summed E-state index contributed by atoms with van der Waals surface area (Å²) in [6.45, 7) is 8.59. The van der Waals surface area contributed by atoms with Crippen molar-refractivity contribution < 1.29 is 9.32 Å². The Morgan fingerprint density at radius 2 is 2.24 bits per heavy atom. The Hall–Kier alpha value is -1.36. The van der Waals surface area contributed by atoms with Gasteiger partial charge in [0, 0.05) is 37.2 Å². The molecule has 2 atom stereocenters. The van der Waals surface area contributed by atoms with Crippen LogP contribution in [0, 0.1) is 5.92 Å². The number of amides is 1. The van der Waals surface area contributed by atoms with Gasteiger partial charge in [-0.15, -0.1) is 0 Å². The van der Waals surface area contributed by atoms with Gasteiger partial charge in [0.15, 0.2) is 5.69 Å². The average Bonchev–Trinajstić information content (AvgIpc) is 3.03. The van der Waals surface area contributed by atoms with E-state index in [-0.39, 0.29) is 11.9 Å². The van der Waals surface area contributed by atoms with Crippen molar-refractivity contribution in [2.45, 2.75) is 58.0 Å². The lowest BCUT2D eigenvalue weighted by Gasteiger charge is -2.20. The molecule has 1 amide bonds. The Labute approximate surface area is 126 Å². The molecule has 3 rings (SSSR count). The molecule has 1 N–H and O–H groups in total. The summed E-state index contributed by atoms with van der Waals surface area (Å²) in [6.07, 6.45) is 3.39. The van der Waals surface area contributed by atoms with Gasteiger partial charge in [-0.25, -0.2) is 0 Å². The van der Waals surface area contributed by atoms with Gasteiger partial charge in [-0.1, -0.05) is 18.5 Å². The van der Waals surface area contributed by atoms with Gasteiger partial charge in [-0.05, 0) is 32.6 Å². The monoisotopic (exact) mass is 291 g/mol. The van der Waals surface area contributed by atoms with Crippen LogP contribution in [-0.4, -0.2) is 41.1 Å². The highest BCUT2D eigenvalue weighted by Crippen LogP contribution is 2.40. The minimum Gasteiger partial charge on any atom is -0.360 e. The Bertz CT molecular complexity index is 507. The van der Waals surface area contributed by atoms with Crippen LogP contribution in [0.4, 0.5) is 0 Å². The summed E-state index contributed by atoms with van der Waals surface area (Å²) in [5.74, 6) is 1.78. The van der Waals surface area contributed by atoms with E-state index in [9.17, 15) is 4.79 Å². The van der Waals surface area contributed by atoms with Crippen LogP contribution in [0.5, 0.6) is 0 Å². The number of likely N-dealkylation sites (tertiary alicyclic amines) is 1. The third kappa shape index (κ3) is 3.12. The molecule has 2 fully saturated rings. The van der Waals surface area contributed by atoms with E-state index in [0.29, 0.717) is 23.6 Å². The second-order valence-corrected chi connectivity index (χ2v) is 6.68. The van der Waals surface area contributed by atoms with Gasteiger partial charge >= 0.3 is 0 Å². The van der Waals surface area contributed by atoms with Crippen molar-refractivity contribution >= 4 is 5.91 Å². The van der Waals surface area contributed by atoms with E-state index in [0.717, 1.165) is 38.1 Å². The van der Waals surface area contributed by atoms with E-state index in [2.05, 4.69) is 36.1 Å². The Morgan fingerprint density at radius 3 is 2.86 bits per heavy atom. The van der Waals surface area contributed by atoms with E-state index in [4.69, 9.17) is 4.52 Å². The number of carbonyl (C=O) groups excluding carboxylic acids is 1. The number of carbonyl (C=O) groups is 1. The Balaban J connectivity index is 1.62. The molecule has 1 aliphatic carbocycles. The zero-order valence-electron chi connectivity index (χ0n) is 13.1. The second-order valence-electron chi connectivity index (χ2n) is 6.68. The van der Waals surface area contributed by atoms with Crippen LogP contribution in [0.2, 0.25) is 0 Å². The molecule has 2 heterocycles. The van der Waals surface area contributed by atoms with Crippen LogP contribution in [0.1, 0.15) is 62.2 Å². The SMILES string of the molecule is CC[C@H]1CN(C(C)C)C[C@H]1NC(=O)c1cc(C2CC2)on1. The lowest BCUT2D eigenvalue weighted by molar-refractivity contribution is 0.0920. The number of nitrogens with one attached hydrogen (secondary N) is 1. The van der Waals surface area contributed by atoms with Crippen molar-refractivity contribution in [2.75, 3.05) is 13.1 Å². The third-order valence-electron chi connectivity index (χ3n) is 4.78. The molecule has 5 heteroatoms. The topological polar surface area (TPSA) is 58.4 Å². The highest BCUT2D eigenvalue weighted by molar-refractivity contribution is 5.92. The first kappa shape index (κ1) is 14.6. The largest absolute Gasteiger partial charge is 0.360 e. The maximum Gasteiger partial charge on any atom is 0.273 e. The highest BCUT2D eigenvalue weighted by Gasteiger charge is 2.35. The van der Waals surface area contributed by atoms with Crippen LogP contribution in [0.15, 0.2) is 10.6 Å². The Kier molecular flexibility index (Phi) is 4.02. The summed E-state index contributed by atoms with van der Waals surface area (Å²) >= 11 is 0. The first-order chi connectivity index (χ1) is 10.1. The standard InChI is InChI=1S/C16H25N3O2/c1-4-11-8-19(10(2)3)9-14(11)17-16(20)13-7-15(21-18-13)12-5-6-12/h7,10-12,14H,4-6,8-9H2,1-3H3,(H,17,20)/t11-,14+/m0/s1. The summed E-state index contributed by atoms with van der Waals surface area (Å²) in [6, 6.07) is 2.55. The van der Waals surface area contributed by atoms with Crippen LogP contribution < -0.4 is 5.32 Å². The first-order valence-electron chi connectivity index (χ1n) is 8.10. The molecule has 1 saturated carbocycles. The molecule has 0 unspecified atom stereocenters. The third-order valence-corrected chi connectivity index (χ3v) is 4.78. The molecule has 0 aromatic carbocycles. The zero-order valence-corrected chi connectivity index (χ0v) is 13.1. The van der Waals surface area contributed by atoms with Crippen LogP contribution in [0.25, 0.3) is 0 Å². The maximum atomic E-state index is 12.3. The molecule has 0 radical (unpaired) electrons. The number of nitrogens with zero attached hydrogens (tertiary/aromatic N) is 2. The number of rotatable bonds is 5. The minimum absolute atomic E-state index is 0.0975. The molecule has 1 aromatic rings. The van der Waals surface area contributed by atoms with Crippen molar-refractivity contribution in [3.05, 3.63) is 17.5 Å². The van der Waals surface area contributed by atoms with Crippen molar-refractivity contribution in [3.8, 4) is 0 Å². The van der Waals surface area contributed by atoms with E-state index < -0.39 is 0 Å². The summed E-state index contributed by atoms with van der Waals surface area (Å²) in [4.78, 5) is 14.8. The fraction of sp³-hybridized carbons (Fsp3) is 0.750. The van der Waals surface area contributed by atoms with Gasteiger partial charge in [0.2, 0.25) is 0 Å². The molecule has 0 spiro atoms. The number of hydrogen-bond acceptors (Lipinski definition) is 4. The smallest absolute Gasteiger partial charge is 0.273 e. The fourth-order valence-electron chi connectivity index (χ4n) is 3.10. The molecule has 1 saturated heterocycles. The van der Waals surface area contributed by atoms with Gasteiger partial charge in [0.1, 0.15) is 5.76 Å². The second kappa shape index (κ2) is 5.79. The molecule has 2 aliphatic rings. The summed E-state index contributed by atoms with van der Waals surface area (Å²) in [5.41, 5.74) is 0.426. The van der Waals surface area contributed by atoms with Crippen LogP contribution in [-0.2, 0) is 0 Å². The van der Waals surface area contributed by atoms with E-state index >= 15 is 0 Å². The molecule has 1 aliphatic heterocycles. The van der Waals surface area contributed by atoms with E-state index in [1.165, 1.54) is 0 Å². The summed E-state index contributed by atoms with van der Waals surface area (Å²) in [7, 11) is 0. The van der Waals surface area contributed by atoms with Gasteiger partial charge in [-0.2, -0.15) is 0 Å². The van der Waals surface area contributed by atoms with Crippen LogP contribution in [0.3, 0.4) is 0 Å². The molecule has 1 aromatic heterocycles. The van der Waals surface area contributed by atoms with Crippen molar-refractivity contribution in [3.63, 3.8) is 0 Å². The first-order valence-corrected chi connectivity index (χ1v) is 8.10. The molecule has 21 heavy (non-hydrogen) atoms.